The highest BCUT2D eigenvalue weighted by Gasteiger charge is 2.40. The van der Waals surface area contributed by atoms with E-state index >= 15 is 0 Å². The molecule has 1 aliphatic carbocycles. The summed E-state index contributed by atoms with van der Waals surface area (Å²) in [6, 6.07) is 3.45. The van der Waals surface area contributed by atoms with E-state index in [1.165, 1.54) is 23.9 Å². The third kappa shape index (κ3) is 3.81. The first-order valence-corrected chi connectivity index (χ1v) is 9.56. The molecular weight excluding hydrogens is 346 g/mol. The van der Waals surface area contributed by atoms with Crippen molar-refractivity contribution in [2.24, 2.45) is 5.92 Å². The van der Waals surface area contributed by atoms with Crippen LogP contribution >= 0.6 is 11.8 Å². The van der Waals surface area contributed by atoms with Crippen LogP contribution in [0.5, 0.6) is 0 Å². The third-order valence-corrected chi connectivity index (χ3v) is 6.08. The number of carbonyl (C=O) groups excluding carboxylic acids is 2. The molecule has 3 rings (SSSR count). The van der Waals surface area contributed by atoms with Gasteiger partial charge in [-0.3, -0.25) is 9.59 Å². The maximum atomic E-state index is 14.2. The second-order valence-electron chi connectivity index (χ2n) is 6.52. The summed E-state index contributed by atoms with van der Waals surface area (Å²) >= 11 is 1.35. The number of likely N-dealkylation sites (N-methyl/N-ethyl adjacent to an activating group) is 1. The molecule has 136 valence electrons. The lowest BCUT2D eigenvalue weighted by atomic mass is 10.2. The Morgan fingerprint density at radius 3 is 2.68 bits per heavy atom. The van der Waals surface area contributed by atoms with Crippen LogP contribution in [0.1, 0.15) is 37.6 Å². The maximum absolute atomic E-state index is 14.2. The fourth-order valence-electron chi connectivity index (χ4n) is 3.09. The Morgan fingerprint density at radius 1 is 1.36 bits per heavy atom. The molecule has 2 aliphatic rings. The van der Waals surface area contributed by atoms with Crippen molar-refractivity contribution in [2.45, 2.75) is 37.3 Å². The minimum atomic E-state index is -0.647. The number of hydrogen-bond donors (Lipinski definition) is 0. The van der Waals surface area contributed by atoms with Crippen LogP contribution in [0.2, 0.25) is 0 Å². The molecule has 0 radical (unpaired) electrons. The highest BCUT2D eigenvalue weighted by molar-refractivity contribution is 8.01. The predicted molar refractivity (Wildman–Crippen MR) is 92.8 cm³/mol. The molecule has 2 amide bonds. The normalized spacial score (nSPS) is 23.2. The molecule has 7 heteroatoms. The van der Waals surface area contributed by atoms with Gasteiger partial charge in [0.1, 0.15) is 17.0 Å². The summed E-state index contributed by atoms with van der Waals surface area (Å²) in [5, 5.41) is -0.776. The number of benzene rings is 1. The van der Waals surface area contributed by atoms with Gasteiger partial charge in [0.05, 0.1) is 5.25 Å². The van der Waals surface area contributed by atoms with Gasteiger partial charge in [-0.25, -0.2) is 8.78 Å². The van der Waals surface area contributed by atoms with Crippen LogP contribution in [-0.4, -0.2) is 46.5 Å². The van der Waals surface area contributed by atoms with Crippen LogP contribution in [0.25, 0.3) is 0 Å². The zero-order valence-electron chi connectivity index (χ0n) is 14.4. The first-order chi connectivity index (χ1) is 11.9. The Bertz CT molecular complexity index is 681. The Hall–Kier alpha value is -1.63. The fraction of sp³-hybridized carbons (Fsp3) is 0.556. The van der Waals surface area contributed by atoms with E-state index in [-0.39, 0.29) is 23.0 Å². The van der Waals surface area contributed by atoms with Crippen molar-refractivity contribution in [1.29, 1.82) is 0 Å². The molecule has 0 aromatic heterocycles. The van der Waals surface area contributed by atoms with Crippen molar-refractivity contribution in [1.82, 2.24) is 9.80 Å². The van der Waals surface area contributed by atoms with E-state index in [9.17, 15) is 18.4 Å². The van der Waals surface area contributed by atoms with Crippen LogP contribution in [0.4, 0.5) is 8.78 Å². The maximum Gasteiger partial charge on any atom is 0.236 e. The zero-order chi connectivity index (χ0) is 18.1. The van der Waals surface area contributed by atoms with E-state index in [1.54, 1.807) is 16.7 Å². The second kappa shape index (κ2) is 7.32. The van der Waals surface area contributed by atoms with Crippen LogP contribution in [0.15, 0.2) is 18.2 Å². The standard InChI is InChI=1S/C18H22F2N2O2S/c1-3-21(17(24)12-4-5-12)8-9-22-16(23)11(2)25-18(22)14-7-6-13(19)10-15(14)20/h6-7,10-12,18H,3-5,8-9H2,1-2H3/t11-,18+/m0/s1. The van der Waals surface area contributed by atoms with E-state index in [1.807, 2.05) is 6.92 Å². The summed E-state index contributed by atoms with van der Waals surface area (Å²) in [6.45, 7) is 5.08. The number of amides is 2. The number of carbonyl (C=O) groups is 2. The van der Waals surface area contributed by atoms with E-state index in [0.717, 1.165) is 18.9 Å². The molecule has 1 aromatic rings. The quantitative estimate of drug-likeness (QED) is 0.774. The molecule has 1 saturated heterocycles. The lowest BCUT2D eigenvalue weighted by Crippen LogP contribution is -2.41. The van der Waals surface area contributed by atoms with Gasteiger partial charge < -0.3 is 9.80 Å². The Labute approximate surface area is 150 Å². The average molecular weight is 368 g/mol. The third-order valence-electron chi connectivity index (χ3n) is 4.71. The summed E-state index contributed by atoms with van der Waals surface area (Å²) in [5.74, 6) is -1.09. The Balaban J connectivity index is 1.74. The molecule has 0 bridgehead atoms. The van der Waals surface area contributed by atoms with Crippen molar-refractivity contribution in [2.75, 3.05) is 19.6 Å². The minimum Gasteiger partial charge on any atom is -0.341 e. The van der Waals surface area contributed by atoms with Gasteiger partial charge >= 0.3 is 0 Å². The lowest BCUT2D eigenvalue weighted by Gasteiger charge is -2.28. The van der Waals surface area contributed by atoms with Gasteiger partial charge in [0.25, 0.3) is 0 Å². The van der Waals surface area contributed by atoms with E-state index in [4.69, 9.17) is 0 Å². The van der Waals surface area contributed by atoms with Crippen molar-refractivity contribution in [3.8, 4) is 0 Å². The number of rotatable bonds is 6. The van der Waals surface area contributed by atoms with Gasteiger partial charge in [-0.15, -0.1) is 11.8 Å². The first-order valence-electron chi connectivity index (χ1n) is 8.62. The van der Waals surface area contributed by atoms with E-state index < -0.39 is 17.0 Å². The fourth-order valence-corrected chi connectivity index (χ4v) is 4.42. The highest BCUT2D eigenvalue weighted by Crippen LogP contribution is 2.43. The molecule has 0 spiro atoms. The van der Waals surface area contributed by atoms with Crippen LogP contribution in [0, 0.1) is 17.6 Å². The average Bonchev–Trinajstić information content (AvgIpc) is 3.37. The lowest BCUT2D eigenvalue weighted by molar-refractivity contribution is -0.135. The highest BCUT2D eigenvalue weighted by atomic mass is 32.2. The van der Waals surface area contributed by atoms with Crippen molar-refractivity contribution >= 4 is 23.6 Å². The molecular formula is C18H22F2N2O2S. The monoisotopic (exact) mass is 368 g/mol. The molecule has 1 heterocycles. The SMILES string of the molecule is CCN(CCN1C(=O)[C@H](C)S[C@@H]1c1ccc(F)cc1F)C(=O)C1CC1. The van der Waals surface area contributed by atoms with Crippen molar-refractivity contribution in [3.05, 3.63) is 35.4 Å². The van der Waals surface area contributed by atoms with Crippen molar-refractivity contribution < 1.29 is 18.4 Å². The predicted octanol–water partition coefficient (Wildman–Crippen LogP) is 3.19. The van der Waals surface area contributed by atoms with E-state index in [2.05, 4.69) is 0 Å². The minimum absolute atomic E-state index is 0.0753. The Kier molecular flexibility index (Phi) is 5.32. The van der Waals surface area contributed by atoms with Gasteiger partial charge in [-0.2, -0.15) is 0 Å². The largest absolute Gasteiger partial charge is 0.341 e. The molecule has 1 saturated carbocycles. The molecule has 25 heavy (non-hydrogen) atoms. The number of thioether (sulfide) groups is 1. The smallest absolute Gasteiger partial charge is 0.236 e. The summed E-state index contributed by atoms with van der Waals surface area (Å²) < 4.78 is 27.4. The summed E-state index contributed by atoms with van der Waals surface area (Å²) in [7, 11) is 0. The summed E-state index contributed by atoms with van der Waals surface area (Å²) in [6.07, 6.45) is 1.88. The molecule has 0 unspecified atom stereocenters. The van der Waals surface area contributed by atoms with E-state index in [0.29, 0.717) is 25.2 Å². The van der Waals surface area contributed by atoms with Gasteiger partial charge in [0, 0.05) is 37.2 Å². The number of nitrogens with zero attached hydrogens (tertiary/aromatic N) is 2. The Morgan fingerprint density at radius 2 is 2.08 bits per heavy atom. The number of halogens is 2. The van der Waals surface area contributed by atoms with Crippen LogP contribution < -0.4 is 0 Å². The second-order valence-corrected chi connectivity index (χ2v) is 7.95. The van der Waals surface area contributed by atoms with Crippen molar-refractivity contribution in [3.63, 3.8) is 0 Å². The van der Waals surface area contributed by atoms with Crippen LogP contribution in [-0.2, 0) is 9.59 Å². The van der Waals surface area contributed by atoms with Gasteiger partial charge in [0.2, 0.25) is 11.8 Å². The van der Waals surface area contributed by atoms with Crippen LogP contribution in [0.3, 0.4) is 0 Å². The van der Waals surface area contributed by atoms with Gasteiger partial charge in [-0.05, 0) is 32.8 Å². The molecule has 2 fully saturated rings. The molecule has 1 aromatic carbocycles. The molecule has 2 atom stereocenters. The van der Waals surface area contributed by atoms with Gasteiger partial charge in [-0.1, -0.05) is 6.07 Å². The molecule has 0 N–H and O–H groups in total. The number of hydrogen-bond acceptors (Lipinski definition) is 3. The zero-order valence-corrected chi connectivity index (χ0v) is 15.2. The topological polar surface area (TPSA) is 40.6 Å². The molecule has 4 nitrogen and oxygen atoms in total. The molecule has 1 aliphatic heterocycles. The summed E-state index contributed by atoms with van der Waals surface area (Å²) in [5.41, 5.74) is 0.306. The van der Waals surface area contributed by atoms with Gasteiger partial charge in [0.15, 0.2) is 0 Å². The first kappa shape index (κ1) is 18.2. The summed E-state index contributed by atoms with van der Waals surface area (Å²) in [4.78, 5) is 28.1.